The van der Waals surface area contributed by atoms with Gasteiger partial charge in [-0.1, -0.05) is 48.5 Å². The summed E-state index contributed by atoms with van der Waals surface area (Å²) in [6.07, 6.45) is 3.09. The predicted molar refractivity (Wildman–Crippen MR) is 72.6 cm³/mol. The standard InChI is InChI=1S/C15H13FN2/c16-14-9-5-4-6-12(14)10-11-18-15(17)13-7-2-1-3-8-13/h1-11H,(H2,17,18)/b11-10+. The smallest absolute Gasteiger partial charge is 0.130 e. The van der Waals surface area contributed by atoms with Gasteiger partial charge in [-0.2, -0.15) is 0 Å². The Hall–Kier alpha value is -2.42. The van der Waals surface area contributed by atoms with Gasteiger partial charge in [0.15, 0.2) is 0 Å². The molecule has 0 aliphatic carbocycles. The third kappa shape index (κ3) is 3.04. The molecule has 2 nitrogen and oxygen atoms in total. The molecule has 0 spiro atoms. The summed E-state index contributed by atoms with van der Waals surface area (Å²) in [5, 5.41) is 0. The predicted octanol–water partition coefficient (Wildman–Crippen LogP) is 3.20. The van der Waals surface area contributed by atoms with Gasteiger partial charge in [-0.15, -0.1) is 0 Å². The second kappa shape index (κ2) is 5.77. The van der Waals surface area contributed by atoms with Crippen molar-refractivity contribution in [1.29, 1.82) is 0 Å². The first-order valence-corrected chi connectivity index (χ1v) is 5.57. The van der Waals surface area contributed by atoms with Gasteiger partial charge in [0.05, 0.1) is 0 Å². The molecule has 0 saturated carbocycles. The van der Waals surface area contributed by atoms with E-state index in [0.29, 0.717) is 11.4 Å². The van der Waals surface area contributed by atoms with Crippen molar-refractivity contribution in [2.24, 2.45) is 10.7 Å². The van der Waals surface area contributed by atoms with Crippen molar-refractivity contribution >= 4 is 11.9 Å². The van der Waals surface area contributed by atoms with Gasteiger partial charge in [0, 0.05) is 17.3 Å². The van der Waals surface area contributed by atoms with Gasteiger partial charge >= 0.3 is 0 Å². The average Bonchev–Trinajstić information content (AvgIpc) is 2.42. The quantitative estimate of drug-likeness (QED) is 0.649. The van der Waals surface area contributed by atoms with E-state index < -0.39 is 0 Å². The molecule has 0 heterocycles. The number of aliphatic imine (C=N–C) groups is 1. The lowest BCUT2D eigenvalue weighted by Gasteiger charge is -1.97. The van der Waals surface area contributed by atoms with Crippen molar-refractivity contribution in [3.63, 3.8) is 0 Å². The Labute approximate surface area is 105 Å². The number of rotatable bonds is 3. The van der Waals surface area contributed by atoms with Crippen LogP contribution < -0.4 is 5.73 Å². The van der Waals surface area contributed by atoms with Crippen LogP contribution >= 0.6 is 0 Å². The van der Waals surface area contributed by atoms with Crippen LogP contribution in [0.5, 0.6) is 0 Å². The topological polar surface area (TPSA) is 38.4 Å². The van der Waals surface area contributed by atoms with E-state index in [1.807, 2.05) is 30.3 Å². The second-order valence-electron chi connectivity index (χ2n) is 3.72. The molecule has 90 valence electrons. The van der Waals surface area contributed by atoms with E-state index in [0.717, 1.165) is 5.56 Å². The van der Waals surface area contributed by atoms with Gasteiger partial charge in [-0.25, -0.2) is 9.38 Å². The Morgan fingerprint density at radius 1 is 1.00 bits per heavy atom. The number of nitrogens with zero attached hydrogens (tertiary/aromatic N) is 1. The number of halogens is 1. The van der Waals surface area contributed by atoms with Crippen LogP contribution in [0.3, 0.4) is 0 Å². The molecule has 0 fully saturated rings. The Morgan fingerprint density at radius 3 is 2.39 bits per heavy atom. The summed E-state index contributed by atoms with van der Waals surface area (Å²) in [5.74, 6) is 0.130. The Morgan fingerprint density at radius 2 is 1.67 bits per heavy atom. The van der Waals surface area contributed by atoms with Crippen molar-refractivity contribution in [2.45, 2.75) is 0 Å². The van der Waals surface area contributed by atoms with Crippen molar-refractivity contribution < 1.29 is 4.39 Å². The van der Waals surface area contributed by atoms with E-state index in [4.69, 9.17) is 5.73 Å². The van der Waals surface area contributed by atoms with E-state index in [9.17, 15) is 4.39 Å². The highest BCUT2D eigenvalue weighted by Gasteiger charge is 1.96. The number of hydrogen-bond donors (Lipinski definition) is 1. The van der Waals surface area contributed by atoms with Crippen LogP contribution in [0.2, 0.25) is 0 Å². The molecular weight excluding hydrogens is 227 g/mol. The molecule has 3 heteroatoms. The summed E-state index contributed by atoms with van der Waals surface area (Å²) in [4.78, 5) is 4.08. The molecule has 2 aromatic rings. The SMILES string of the molecule is NC(=N/C=C/c1ccccc1F)c1ccccc1. The number of amidine groups is 1. The van der Waals surface area contributed by atoms with E-state index in [1.165, 1.54) is 12.3 Å². The highest BCUT2D eigenvalue weighted by molar-refractivity contribution is 5.97. The van der Waals surface area contributed by atoms with Crippen molar-refractivity contribution in [2.75, 3.05) is 0 Å². The van der Waals surface area contributed by atoms with Crippen LogP contribution in [0.1, 0.15) is 11.1 Å². The van der Waals surface area contributed by atoms with Gasteiger partial charge in [0.1, 0.15) is 11.7 Å². The third-order valence-electron chi connectivity index (χ3n) is 2.44. The molecule has 0 aliphatic rings. The summed E-state index contributed by atoms with van der Waals surface area (Å²) >= 11 is 0. The summed E-state index contributed by atoms with van der Waals surface area (Å²) in [6.45, 7) is 0. The highest BCUT2D eigenvalue weighted by atomic mass is 19.1. The molecule has 18 heavy (non-hydrogen) atoms. The van der Waals surface area contributed by atoms with Gasteiger partial charge in [0.25, 0.3) is 0 Å². The molecule has 0 atom stereocenters. The van der Waals surface area contributed by atoms with E-state index in [1.54, 1.807) is 24.3 Å². The van der Waals surface area contributed by atoms with E-state index in [2.05, 4.69) is 4.99 Å². The fraction of sp³-hybridized carbons (Fsp3) is 0. The largest absolute Gasteiger partial charge is 0.383 e. The van der Waals surface area contributed by atoms with Crippen LogP contribution in [0.25, 0.3) is 6.08 Å². The molecule has 0 amide bonds. The number of nitrogens with two attached hydrogens (primary N) is 1. The van der Waals surface area contributed by atoms with Crippen molar-refractivity contribution in [1.82, 2.24) is 0 Å². The molecule has 0 unspecified atom stereocenters. The van der Waals surface area contributed by atoms with E-state index >= 15 is 0 Å². The maximum absolute atomic E-state index is 13.3. The van der Waals surface area contributed by atoms with E-state index in [-0.39, 0.29) is 5.82 Å². The monoisotopic (exact) mass is 240 g/mol. The summed E-state index contributed by atoms with van der Waals surface area (Å²) in [5.41, 5.74) is 7.13. The number of benzene rings is 2. The first kappa shape index (κ1) is 12.0. The Kier molecular flexibility index (Phi) is 3.86. The fourth-order valence-corrected chi connectivity index (χ4v) is 1.49. The zero-order valence-corrected chi connectivity index (χ0v) is 9.75. The molecule has 0 aliphatic heterocycles. The minimum Gasteiger partial charge on any atom is -0.383 e. The van der Waals surface area contributed by atoms with Crippen LogP contribution in [0.4, 0.5) is 4.39 Å². The zero-order valence-electron chi connectivity index (χ0n) is 9.75. The van der Waals surface area contributed by atoms with Gasteiger partial charge in [-0.3, -0.25) is 0 Å². The van der Waals surface area contributed by atoms with Crippen LogP contribution in [-0.2, 0) is 0 Å². The lowest BCUT2D eigenvalue weighted by molar-refractivity contribution is 0.625. The summed E-state index contributed by atoms with van der Waals surface area (Å²) in [6, 6.07) is 15.9. The summed E-state index contributed by atoms with van der Waals surface area (Å²) in [7, 11) is 0. The fourth-order valence-electron chi connectivity index (χ4n) is 1.49. The van der Waals surface area contributed by atoms with Crippen LogP contribution in [0.15, 0.2) is 65.8 Å². The van der Waals surface area contributed by atoms with Gasteiger partial charge in [-0.05, 0) is 12.1 Å². The highest BCUT2D eigenvalue weighted by Crippen LogP contribution is 2.08. The average molecular weight is 240 g/mol. The van der Waals surface area contributed by atoms with Gasteiger partial charge in [0.2, 0.25) is 0 Å². The first-order chi connectivity index (χ1) is 8.77. The molecule has 2 aromatic carbocycles. The van der Waals surface area contributed by atoms with Crippen LogP contribution in [-0.4, -0.2) is 5.84 Å². The molecule has 2 rings (SSSR count). The maximum atomic E-state index is 13.3. The minimum atomic E-state index is -0.276. The molecule has 2 N–H and O–H groups in total. The van der Waals surface area contributed by atoms with Gasteiger partial charge < -0.3 is 5.73 Å². The lowest BCUT2D eigenvalue weighted by atomic mass is 10.2. The maximum Gasteiger partial charge on any atom is 0.130 e. The molecular formula is C15H13FN2. The minimum absolute atomic E-state index is 0.276. The third-order valence-corrected chi connectivity index (χ3v) is 2.44. The Balaban J connectivity index is 2.14. The normalized spacial score (nSPS) is 11.9. The van der Waals surface area contributed by atoms with Crippen LogP contribution in [0, 0.1) is 5.82 Å². The Bertz CT molecular complexity index is 574. The second-order valence-corrected chi connectivity index (χ2v) is 3.72. The first-order valence-electron chi connectivity index (χ1n) is 5.57. The number of hydrogen-bond acceptors (Lipinski definition) is 1. The molecule has 0 bridgehead atoms. The molecule has 0 radical (unpaired) electrons. The lowest BCUT2D eigenvalue weighted by Crippen LogP contribution is -2.12. The molecule has 0 aromatic heterocycles. The van der Waals surface area contributed by atoms with Crippen molar-refractivity contribution in [3.8, 4) is 0 Å². The van der Waals surface area contributed by atoms with Crippen molar-refractivity contribution in [3.05, 3.63) is 77.7 Å². The zero-order chi connectivity index (χ0) is 12.8. The summed E-state index contributed by atoms with van der Waals surface area (Å²) < 4.78 is 13.3. The molecule has 0 saturated heterocycles.